The Hall–Kier alpha value is -9.32. The number of esters is 1. The Morgan fingerprint density at radius 1 is 0.405 bits per heavy atom. The topological polar surface area (TPSA) is 224 Å². The zero-order valence-corrected chi connectivity index (χ0v) is 77.2. The van der Waals surface area contributed by atoms with Crippen molar-refractivity contribution in [2.45, 2.75) is 281 Å². The molecule has 0 amide bonds. The number of phenolic OH excluding ortho intramolecular Hbond substituents is 4. The van der Waals surface area contributed by atoms with E-state index >= 15 is 0 Å². The summed E-state index contributed by atoms with van der Waals surface area (Å²) in [6.07, 6.45) is 6.16. The number of epoxide rings is 4. The van der Waals surface area contributed by atoms with E-state index < -0.39 is 0 Å². The van der Waals surface area contributed by atoms with Crippen molar-refractivity contribution in [1.29, 1.82) is 0 Å². The van der Waals surface area contributed by atoms with Gasteiger partial charge in [-0.15, -0.1) is 0 Å². The third kappa shape index (κ3) is 26.8. The van der Waals surface area contributed by atoms with Crippen LogP contribution in [0.3, 0.4) is 0 Å². The molecule has 0 radical (unpaired) electrons. The van der Waals surface area contributed by atoms with Gasteiger partial charge in [0.2, 0.25) is 0 Å². The van der Waals surface area contributed by atoms with Crippen molar-refractivity contribution in [3.05, 3.63) is 223 Å². The van der Waals surface area contributed by atoms with Crippen LogP contribution in [0.5, 0.6) is 40.2 Å². The van der Waals surface area contributed by atoms with Gasteiger partial charge in [0.05, 0.1) is 32.0 Å². The number of ether oxygens (including phenoxy) is 8. The van der Waals surface area contributed by atoms with Crippen LogP contribution >= 0.6 is 0 Å². The molecular formula is C105H139N3O13. The average molecular weight is 1650 g/mol. The molecule has 0 bridgehead atoms. The summed E-state index contributed by atoms with van der Waals surface area (Å²) in [7, 11) is 0. The number of aromatic hydroxyl groups is 4. The molecule has 13 rings (SSSR count). The molecule has 16 nitrogen and oxygen atoms in total. The van der Waals surface area contributed by atoms with Gasteiger partial charge in [0.15, 0.2) is 17.5 Å². The molecule has 9 aromatic rings. The summed E-state index contributed by atoms with van der Waals surface area (Å²) in [5, 5.41) is 44.2. The predicted octanol–water partition coefficient (Wildman–Crippen LogP) is 23.0. The summed E-state index contributed by atoms with van der Waals surface area (Å²) in [6, 6.07) is 46.6. The number of hydrogen-bond donors (Lipinski definition) is 4. The van der Waals surface area contributed by atoms with Crippen LogP contribution < -0.4 is 14.2 Å². The van der Waals surface area contributed by atoms with Crippen LogP contribution in [0.1, 0.15) is 269 Å². The van der Waals surface area contributed by atoms with Crippen molar-refractivity contribution in [1.82, 2.24) is 15.0 Å². The van der Waals surface area contributed by atoms with Gasteiger partial charge in [-0.3, -0.25) is 4.79 Å². The number of aryl methyl sites for hydroxylation is 3. The standard InChI is InChI=1S/C33H50O3.C28H40O3.C24H19N3O3.C20H30O4/c1-20(2)12-23-14-26(30(34)28(16-23)32(6,7)8)22(5)27-15-24(13-21(3)4)17-29(33(9,10)11)31(27)36-19-25-18-35-25;1-9-18-11-20(25(29)23(13-18)27(3,4)5)15-21-12-19(10-2)14-24(28(6,7)8)26(21)31-17-22-16-30-22;28-21-13-18(29-14-19-15-30-19)11-12-20(21)24-26-22(16-7-3-1-4-8-16)25-23(27-24)17-9-5-2-6-10-17;1-19(2,3)15-9-13(10-16(18(15)22)20(4,5)6)7-8-17(21)24-12-14-11-23-14/h14-17,20-22,25,34H,12-13,18-19H2,1-11H3;11-14,22,29H,9-10,15-17H2,1-8H3;1-13,19,28H,14-15H2;9-10,14,22H,7-8,11-12H2,1-6H3. The summed E-state index contributed by atoms with van der Waals surface area (Å²) in [6.45, 7) is 59.6. The molecule has 4 aliphatic rings. The molecule has 652 valence electrons. The van der Waals surface area contributed by atoms with E-state index in [0.717, 1.165) is 118 Å². The lowest BCUT2D eigenvalue weighted by atomic mass is 9.77. The minimum absolute atomic E-state index is 0.0125. The van der Waals surface area contributed by atoms with Gasteiger partial charge in [0.1, 0.15) is 91.1 Å². The second kappa shape index (κ2) is 39.5. The van der Waals surface area contributed by atoms with Gasteiger partial charge < -0.3 is 58.3 Å². The van der Waals surface area contributed by atoms with Gasteiger partial charge in [-0.25, -0.2) is 15.0 Å². The van der Waals surface area contributed by atoms with E-state index in [2.05, 4.69) is 237 Å². The van der Waals surface area contributed by atoms with Crippen molar-refractivity contribution < 1.29 is 63.1 Å². The first-order valence-electron chi connectivity index (χ1n) is 43.9. The Morgan fingerprint density at radius 3 is 1.23 bits per heavy atom. The molecule has 8 aromatic carbocycles. The quantitative estimate of drug-likeness (QED) is 0.0277. The fourth-order valence-electron chi connectivity index (χ4n) is 14.8. The van der Waals surface area contributed by atoms with Gasteiger partial charge in [0, 0.05) is 58.2 Å². The lowest BCUT2D eigenvalue weighted by Gasteiger charge is -2.30. The monoisotopic (exact) mass is 1650 g/mol. The summed E-state index contributed by atoms with van der Waals surface area (Å²) in [5.74, 6) is 6.14. The third-order valence-electron chi connectivity index (χ3n) is 22.1. The number of benzene rings is 8. The number of aromatic nitrogens is 3. The van der Waals surface area contributed by atoms with Gasteiger partial charge >= 0.3 is 5.97 Å². The zero-order chi connectivity index (χ0) is 88.4. The van der Waals surface area contributed by atoms with Crippen LogP contribution in [0, 0.1) is 11.8 Å². The maximum atomic E-state index is 11.9. The van der Waals surface area contributed by atoms with Crippen molar-refractivity contribution in [2.24, 2.45) is 11.8 Å². The van der Waals surface area contributed by atoms with Crippen molar-refractivity contribution >= 4 is 5.97 Å². The van der Waals surface area contributed by atoms with Gasteiger partial charge in [0.25, 0.3) is 0 Å². The van der Waals surface area contributed by atoms with Gasteiger partial charge in [-0.1, -0.05) is 294 Å². The fraction of sp³-hybridized carbons (Fsp3) is 0.505. The molecule has 16 heteroatoms. The fourth-order valence-corrected chi connectivity index (χ4v) is 14.8. The number of nitrogens with zero attached hydrogens (tertiary/aromatic N) is 3. The normalized spacial score (nSPS) is 16.5. The van der Waals surface area contributed by atoms with Crippen LogP contribution in [0.15, 0.2) is 140 Å². The Morgan fingerprint density at radius 2 is 0.785 bits per heavy atom. The third-order valence-corrected chi connectivity index (χ3v) is 22.1. The van der Waals surface area contributed by atoms with Crippen LogP contribution in [0.25, 0.3) is 34.2 Å². The molecule has 121 heavy (non-hydrogen) atoms. The molecule has 0 spiro atoms. The Kier molecular flexibility index (Phi) is 30.6. The van der Waals surface area contributed by atoms with E-state index in [4.69, 9.17) is 37.9 Å². The van der Waals surface area contributed by atoms with E-state index in [1.807, 2.05) is 72.8 Å². The highest BCUT2D eigenvalue weighted by atomic mass is 16.6. The molecule has 5 heterocycles. The van der Waals surface area contributed by atoms with E-state index in [1.165, 1.54) is 33.4 Å². The van der Waals surface area contributed by atoms with E-state index in [1.54, 1.807) is 18.2 Å². The number of hydrogen-bond acceptors (Lipinski definition) is 16. The van der Waals surface area contributed by atoms with Crippen molar-refractivity contribution in [3.8, 4) is 74.4 Å². The predicted molar refractivity (Wildman–Crippen MR) is 488 cm³/mol. The molecular weight excluding hydrogens is 1510 g/mol. The molecule has 4 fully saturated rings. The number of phenols is 4. The first kappa shape index (κ1) is 93.9. The summed E-state index contributed by atoms with van der Waals surface area (Å²) in [5.41, 5.74) is 18.4. The molecule has 1 aromatic heterocycles. The molecule has 0 saturated carbocycles. The summed E-state index contributed by atoms with van der Waals surface area (Å²) < 4.78 is 44.8. The maximum Gasteiger partial charge on any atom is 0.306 e. The lowest BCUT2D eigenvalue weighted by Crippen LogP contribution is -2.19. The highest BCUT2D eigenvalue weighted by molar-refractivity contribution is 5.71. The molecule has 5 atom stereocenters. The summed E-state index contributed by atoms with van der Waals surface area (Å²) in [4.78, 5) is 25.8. The first-order valence-corrected chi connectivity index (χ1v) is 43.9. The second-order valence-corrected chi connectivity index (χ2v) is 40.4. The zero-order valence-electron chi connectivity index (χ0n) is 77.2. The van der Waals surface area contributed by atoms with E-state index in [9.17, 15) is 25.2 Å². The summed E-state index contributed by atoms with van der Waals surface area (Å²) >= 11 is 0. The number of rotatable bonds is 27. The molecule has 5 unspecified atom stereocenters. The molecule has 0 aliphatic carbocycles. The largest absolute Gasteiger partial charge is 0.507 e. The molecule has 4 N–H and O–H groups in total. The van der Waals surface area contributed by atoms with Crippen LogP contribution in [-0.4, -0.2) is 119 Å². The highest BCUT2D eigenvalue weighted by Gasteiger charge is 2.35. The minimum Gasteiger partial charge on any atom is -0.507 e. The SMILES string of the molecule is CC(C)(C)c1cc(CCC(=O)OCC2CO2)cc(C(C)(C)C)c1O.CC(C)Cc1cc(C(C)c2cc(CC(C)C)cc(C(C)(C)C)c2OCC2CO2)c(O)c(C(C)(C)C)c1.CCc1cc(Cc2cc(CC)cc(C(C)(C)C)c2OCC2CO2)c(O)c(C(C)(C)C)c1.Oc1cc(OCC2CO2)ccc1-c1nc(-c2ccccc2)nc(-c2ccccc2)n1. The average Bonchev–Trinajstić information content (AvgIpc) is 1.55. The smallest absolute Gasteiger partial charge is 0.306 e. The number of carbonyl (C=O) groups is 1. The molecule has 4 aliphatic heterocycles. The number of carbonyl (C=O) groups excluding carboxylic acids is 1. The second-order valence-electron chi connectivity index (χ2n) is 40.4. The van der Waals surface area contributed by atoms with Gasteiger partial charge in [-0.2, -0.15) is 0 Å². The Labute approximate surface area is 722 Å². The van der Waals surface area contributed by atoms with Crippen LogP contribution in [0.4, 0.5) is 0 Å². The minimum atomic E-state index is -0.201. The maximum absolute atomic E-state index is 11.9. The van der Waals surface area contributed by atoms with Crippen molar-refractivity contribution in [2.75, 3.05) is 52.9 Å². The molecule has 4 saturated heterocycles. The Bertz CT molecular complexity index is 4880. The highest BCUT2D eigenvalue weighted by Crippen LogP contribution is 2.48. The Balaban J connectivity index is 0.000000171. The van der Waals surface area contributed by atoms with Gasteiger partial charge in [-0.05, 0) is 150 Å². The first-order chi connectivity index (χ1) is 56.7. The van der Waals surface area contributed by atoms with Crippen LogP contribution in [0.2, 0.25) is 0 Å². The lowest BCUT2D eigenvalue weighted by molar-refractivity contribution is -0.144. The van der Waals surface area contributed by atoms with Crippen LogP contribution in [-0.2, 0) is 99.5 Å². The van der Waals surface area contributed by atoms with E-state index in [-0.39, 0.29) is 74.5 Å². The van der Waals surface area contributed by atoms with Crippen molar-refractivity contribution in [3.63, 3.8) is 0 Å². The van der Waals surface area contributed by atoms with E-state index in [0.29, 0.717) is 110 Å².